The van der Waals surface area contributed by atoms with Crippen LogP contribution in [0.4, 0.5) is 0 Å². The SMILES string of the molecule is CCNC(C)(C#N)CCSc1ccccc1C. The summed E-state index contributed by atoms with van der Waals surface area (Å²) >= 11 is 1.82. The normalized spacial score (nSPS) is 14.0. The third-order valence-corrected chi connectivity index (χ3v) is 3.94. The van der Waals surface area contributed by atoms with Crippen LogP contribution in [0.25, 0.3) is 0 Å². The number of nitrogens with one attached hydrogen (secondary N) is 1. The van der Waals surface area contributed by atoms with Crippen LogP contribution in [0, 0.1) is 18.3 Å². The van der Waals surface area contributed by atoms with Crippen LogP contribution in [0.15, 0.2) is 29.2 Å². The Morgan fingerprint density at radius 1 is 1.41 bits per heavy atom. The predicted molar refractivity (Wildman–Crippen MR) is 74.2 cm³/mol. The van der Waals surface area contributed by atoms with E-state index in [1.807, 2.05) is 25.6 Å². The van der Waals surface area contributed by atoms with Crippen LogP contribution < -0.4 is 5.32 Å². The number of nitriles is 1. The maximum atomic E-state index is 9.15. The monoisotopic (exact) mass is 248 g/mol. The molecule has 1 N–H and O–H groups in total. The smallest absolute Gasteiger partial charge is 0.104 e. The highest BCUT2D eigenvalue weighted by molar-refractivity contribution is 7.99. The Labute approximate surface area is 108 Å². The summed E-state index contributed by atoms with van der Waals surface area (Å²) in [6, 6.07) is 10.7. The molecule has 17 heavy (non-hydrogen) atoms. The summed E-state index contributed by atoms with van der Waals surface area (Å²) in [6.07, 6.45) is 0.857. The van der Waals surface area contributed by atoms with E-state index < -0.39 is 5.54 Å². The van der Waals surface area contributed by atoms with Crippen molar-refractivity contribution in [2.24, 2.45) is 0 Å². The van der Waals surface area contributed by atoms with Gasteiger partial charge in [0, 0.05) is 10.6 Å². The van der Waals surface area contributed by atoms with Gasteiger partial charge in [-0.25, -0.2) is 0 Å². The van der Waals surface area contributed by atoms with E-state index in [9.17, 15) is 0 Å². The number of nitrogens with zero attached hydrogens (tertiary/aromatic N) is 1. The molecule has 1 unspecified atom stereocenters. The number of aryl methyl sites for hydroxylation is 1. The predicted octanol–water partition coefficient (Wildman–Crippen LogP) is 3.37. The minimum absolute atomic E-state index is 0.398. The van der Waals surface area contributed by atoms with Crippen molar-refractivity contribution >= 4 is 11.8 Å². The maximum Gasteiger partial charge on any atom is 0.104 e. The topological polar surface area (TPSA) is 35.8 Å². The summed E-state index contributed by atoms with van der Waals surface area (Å²) in [5.74, 6) is 0.960. The fourth-order valence-corrected chi connectivity index (χ4v) is 2.86. The fraction of sp³-hybridized carbons (Fsp3) is 0.500. The molecule has 0 spiro atoms. The van der Waals surface area contributed by atoms with Gasteiger partial charge in [0.1, 0.15) is 5.54 Å². The quantitative estimate of drug-likeness (QED) is 0.784. The van der Waals surface area contributed by atoms with Gasteiger partial charge in [0.25, 0.3) is 0 Å². The molecule has 0 heterocycles. The molecule has 1 rings (SSSR count). The highest BCUT2D eigenvalue weighted by Gasteiger charge is 2.21. The van der Waals surface area contributed by atoms with E-state index in [1.54, 1.807) is 0 Å². The number of hydrogen-bond acceptors (Lipinski definition) is 3. The second-order valence-electron chi connectivity index (χ2n) is 4.34. The first-order valence-electron chi connectivity index (χ1n) is 5.96. The molecule has 0 aliphatic carbocycles. The molecule has 92 valence electrons. The Balaban J connectivity index is 2.48. The number of rotatable bonds is 6. The molecule has 0 aromatic heterocycles. The van der Waals surface area contributed by atoms with Gasteiger partial charge in [0.05, 0.1) is 6.07 Å². The first-order valence-corrected chi connectivity index (χ1v) is 6.94. The van der Waals surface area contributed by atoms with Crippen molar-refractivity contribution in [3.8, 4) is 6.07 Å². The molecule has 0 saturated carbocycles. The van der Waals surface area contributed by atoms with E-state index in [2.05, 4.69) is 42.6 Å². The molecule has 0 radical (unpaired) electrons. The minimum Gasteiger partial charge on any atom is -0.300 e. The lowest BCUT2D eigenvalue weighted by Gasteiger charge is -2.22. The van der Waals surface area contributed by atoms with Crippen molar-refractivity contribution in [3.63, 3.8) is 0 Å². The molecular weight excluding hydrogens is 228 g/mol. The van der Waals surface area contributed by atoms with E-state index in [4.69, 9.17) is 5.26 Å². The van der Waals surface area contributed by atoms with Gasteiger partial charge in [-0.15, -0.1) is 11.8 Å². The van der Waals surface area contributed by atoms with Gasteiger partial charge < -0.3 is 0 Å². The lowest BCUT2D eigenvalue weighted by atomic mass is 10.0. The number of benzene rings is 1. The van der Waals surface area contributed by atoms with E-state index in [0.29, 0.717) is 0 Å². The Morgan fingerprint density at radius 2 is 2.12 bits per heavy atom. The van der Waals surface area contributed by atoms with Crippen molar-refractivity contribution in [2.75, 3.05) is 12.3 Å². The maximum absolute atomic E-state index is 9.15. The number of hydrogen-bond donors (Lipinski definition) is 1. The molecular formula is C14H20N2S. The molecule has 0 aliphatic heterocycles. The standard InChI is InChI=1S/C14H20N2S/c1-4-16-14(3,11-15)9-10-17-13-8-6-5-7-12(13)2/h5-8,16H,4,9-10H2,1-3H3. The fourth-order valence-electron chi connectivity index (χ4n) is 1.66. The second kappa shape index (κ2) is 6.68. The molecule has 1 atom stereocenters. The average Bonchev–Trinajstić information content (AvgIpc) is 2.32. The zero-order chi connectivity index (χ0) is 12.7. The first-order chi connectivity index (χ1) is 8.11. The Morgan fingerprint density at radius 3 is 2.71 bits per heavy atom. The van der Waals surface area contributed by atoms with Gasteiger partial charge in [0.15, 0.2) is 0 Å². The van der Waals surface area contributed by atoms with Crippen molar-refractivity contribution in [1.82, 2.24) is 5.32 Å². The van der Waals surface area contributed by atoms with Gasteiger partial charge in [0.2, 0.25) is 0 Å². The van der Waals surface area contributed by atoms with Crippen molar-refractivity contribution < 1.29 is 0 Å². The lowest BCUT2D eigenvalue weighted by molar-refractivity contribution is 0.450. The zero-order valence-electron chi connectivity index (χ0n) is 10.8. The van der Waals surface area contributed by atoms with Crippen LogP contribution in [0.5, 0.6) is 0 Å². The van der Waals surface area contributed by atoms with Crippen molar-refractivity contribution in [1.29, 1.82) is 5.26 Å². The van der Waals surface area contributed by atoms with Crippen LogP contribution in [0.2, 0.25) is 0 Å². The van der Waals surface area contributed by atoms with Gasteiger partial charge in [-0.05, 0) is 38.4 Å². The van der Waals surface area contributed by atoms with Crippen LogP contribution in [0.1, 0.15) is 25.8 Å². The van der Waals surface area contributed by atoms with Gasteiger partial charge in [-0.3, -0.25) is 5.32 Å². The van der Waals surface area contributed by atoms with E-state index >= 15 is 0 Å². The first kappa shape index (κ1) is 14.1. The van der Waals surface area contributed by atoms with E-state index in [-0.39, 0.29) is 0 Å². The third-order valence-electron chi connectivity index (χ3n) is 2.77. The molecule has 0 bridgehead atoms. The Hall–Kier alpha value is -0.980. The third kappa shape index (κ3) is 4.41. The van der Waals surface area contributed by atoms with Crippen LogP contribution >= 0.6 is 11.8 Å². The summed E-state index contributed by atoms with van der Waals surface area (Å²) in [5, 5.41) is 12.4. The van der Waals surface area contributed by atoms with Gasteiger partial charge >= 0.3 is 0 Å². The van der Waals surface area contributed by atoms with Crippen molar-refractivity contribution in [3.05, 3.63) is 29.8 Å². The van der Waals surface area contributed by atoms with E-state index in [1.165, 1.54) is 10.5 Å². The van der Waals surface area contributed by atoms with Gasteiger partial charge in [-0.2, -0.15) is 5.26 Å². The summed E-state index contributed by atoms with van der Waals surface area (Å²) in [5.41, 5.74) is 0.907. The molecule has 3 heteroatoms. The van der Waals surface area contributed by atoms with Crippen LogP contribution in [-0.2, 0) is 0 Å². The molecule has 0 aliphatic rings. The van der Waals surface area contributed by atoms with Gasteiger partial charge in [-0.1, -0.05) is 25.1 Å². The summed E-state index contributed by atoms with van der Waals surface area (Å²) in [4.78, 5) is 1.31. The Kier molecular flexibility index (Phi) is 5.54. The molecule has 0 fully saturated rings. The molecule has 0 saturated heterocycles. The lowest BCUT2D eigenvalue weighted by Crippen LogP contribution is -2.41. The molecule has 1 aromatic carbocycles. The second-order valence-corrected chi connectivity index (χ2v) is 5.47. The van der Waals surface area contributed by atoms with Crippen LogP contribution in [0.3, 0.4) is 0 Å². The largest absolute Gasteiger partial charge is 0.300 e. The minimum atomic E-state index is -0.398. The van der Waals surface area contributed by atoms with E-state index in [0.717, 1.165) is 18.7 Å². The number of thioether (sulfide) groups is 1. The summed E-state index contributed by atoms with van der Waals surface area (Å²) < 4.78 is 0. The molecule has 0 amide bonds. The highest BCUT2D eigenvalue weighted by atomic mass is 32.2. The van der Waals surface area contributed by atoms with Crippen LogP contribution in [-0.4, -0.2) is 17.8 Å². The average molecular weight is 248 g/mol. The summed E-state index contributed by atoms with van der Waals surface area (Å²) in [7, 11) is 0. The van der Waals surface area contributed by atoms with Crippen molar-refractivity contribution in [2.45, 2.75) is 37.6 Å². The zero-order valence-corrected chi connectivity index (χ0v) is 11.6. The Bertz CT molecular complexity index is 397. The highest BCUT2D eigenvalue weighted by Crippen LogP contribution is 2.24. The molecule has 2 nitrogen and oxygen atoms in total. The molecule has 1 aromatic rings. The summed E-state index contributed by atoms with van der Waals surface area (Å²) in [6.45, 7) is 6.95.